The Hall–Kier alpha value is -1.06. The van der Waals surface area contributed by atoms with Gasteiger partial charge in [0.1, 0.15) is 5.75 Å². The second-order valence-corrected chi connectivity index (χ2v) is 3.44. The standard InChI is InChI=1S/C12H18O3/c13-7-2-1-3-8-15-12-6-4-5-11(9-12)10-14/h4-6,9,13-14H,1-3,7-8,10H2. The summed E-state index contributed by atoms with van der Waals surface area (Å²) >= 11 is 0. The highest BCUT2D eigenvalue weighted by atomic mass is 16.5. The van der Waals surface area contributed by atoms with E-state index in [0.717, 1.165) is 30.6 Å². The van der Waals surface area contributed by atoms with Gasteiger partial charge >= 0.3 is 0 Å². The molecule has 0 radical (unpaired) electrons. The first-order chi connectivity index (χ1) is 7.36. The van der Waals surface area contributed by atoms with Gasteiger partial charge in [0.2, 0.25) is 0 Å². The molecule has 0 bridgehead atoms. The number of unbranched alkanes of at least 4 members (excludes halogenated alkanes) is 2. The summed E-state index contributed by atoms with van der Waals surface area (Å²) in [7, 11) is 0. The largest absolute Gasteiger partial charge is 0.494 e. The third-order valence-electron chi connectivity index (χ3n) is 2.15. The summed E-state index contributed by atoms with van der Waals surface area (Å²) in [4.78, 5) is 0. The second-order valence-electron chi connectivity index (χ2n) is 3.44. The van der Waals surface area contributed by atoms with Gasteiger partial charge in [-0.1, -0.05) is 12.1 Å². The summed E-state index contributed by atoms with van der Waals surface area (Å²) in [6.07, 6.45) is 2.76. The number of hydrogen-bond donors (Lipinski definition) is 2. The number of aliphatic hydroxyl groups is 2. The zero-order chi connectivity index (χ0) is 10.9. The molecule has 0 unspecified atom stereocenters. The normalized spacial score (nSPS) is 10.3. The molecule has 0 heterocycles. The van der Waals surface area contributed by atoms with E-state index >= 15 is 0 Å². The Bertz CT molecular complexity index is 273. The maximum atomic E-state index is 8.92. The van der Waals surface area contributed by atoms with E-state index in [0.29, 0.717) is 6.61 Å². The molecule has 1 aromatic rings. The molecule has 15 heavy (non-hydrogen) atoms. The van der Waals surface area contributed by atoms with Crippen molar-refractivity contribution in [3.05, 3.63) is 29.8 Å². The Morgan fingerprint density at radius 2 is 1.93 bits per heavy atom. The molecule has 3 heteroatoms. The zero-order valence-electron chi connectivity index (χ0n) is 8.85. The molecule has 0 atom stereocenters. The molecule has 0 amide bonds. The van der Waals surface area contributed by atoms with Crippen LogP contribution in [0.2, 0.25) is 0 Å². The van der Waals surface area contributed by atoms with Crippen LogP contribution < -0.4 is 4.74 Å². The zero-order valence-corrected chi connectivity index (χ0v) is 8.85. The highest BCUT2D eigenvalue weighted by Crippen LogP contribution is 2.13. The van der Waals surface area contributed by atoms with Crippen molar-refractivity contribution >= 4 is 0 Å². The Balaban J connectivity index is 2.24. The predicted octanol–water partition coefficient (Wildman–Crippen LogP) is 1.72. The van der Waals surface area contributed by atoms with Crippen molar-refractivity contribution in [1.29, 1.82) is 0 Å². The van der Waals surface area contributed by atoms with Crippen molar-refractivity contribution in [2.45, 2.75) is 25.9 Å². The van der Waals surface area contributed by atoms with E-state index in [-0.39, 0.29) is 13.2 Å². The van der Waals surface area contributed by atoms with E-state index in [4.69, 9.17) is 14.9 Å². The summed E-state index contributed by atoms with van der Waals surface area (Å²) in [5.74, 6) is 0.797. The maximum absolute atomic E-state index is 8.92. The van der Waals surface area contributed by atoms with Crippen molar-refractivity contribution in [3.8, 4) is 5.75 Å². The first kappa shape index (κ1) is 12.0. The lowest BCUT2D eigenvalue weighted by molar-refractivity contribution is 0.264. The van der Waals surface area contributed by atoms with Gasteiger partial charge in [0, 0.05) is 6.61 Å². The van der Waals surface area contributed by atoms with E-state index in [9.17, 15) is 0 Å². The number of benzene rings is 1. The van der Waals surface area contributed by atoms with E-state index in [1.165, 1.54) is 0 Å². The molecular weight excluding hydrogens is 192 g/mol. The summed E-state index contributed by atoms with van der Waals surface area (Å²) in [6, 6.07) is 7.45. The number of ether oxygens (including phenoxy) is 1. The molecule has 1 aromatic carbocycles. The van der Waals surface area contributed by atoms with Crippen LogP contribution in [0, 0.1) is 0 Å². The molecule has 1 rings (SSSR count). The van der Waals surface area contributed by atoms with Gasteiger partial charge < -0.3 is 14.9 Å². The lowest BCUT2D eigenvalue weighted by Crippen LogP contribution is -1.98. The first-order valence-electron chi connectivity index (χ1n) is 5.30. The molecule has 0 aliphatic carbocycles. The molecule has 0 spiro atoms. The fourth-order valence-corrected chi connectivity index (χ4v) is 1.31. The van der Waals surface area contributed by atoms with Crippen molar-refractivity contribution in [2.24, 2.45) is 0 Å². The van der Waals surface area contributed by atoms with Crippen LogP contribution in [-0.2, 0) is 6.61 Å². The van der Waals surface area contributed by atoms with Crippen LogP contribution in [0.25, 0.3) is 0 Å². The van der Waals surface area contributed by atoms with E-state index < -0.39 is 0 Å². The SMILES string of the molecule is OCCCCCOc1cccc(CO)c1. The summed E-state index contributed by atoms with van der Waals surface area (Å²) in [5, 5.41) is 17.5. The molecule has 3 nitrogen and oxygen atoms in total. The number of aliphatic hydroxyl groups excluding tert-OH is 2. The average Bonchev–Trinajstić information content (AvgIpc) is 2.29. The second kappa shape index (κ2) is 7.26. The van der Waals surface area contributed by atoms with Gasteiger partial charge in [-0.2, -0.15) is 0 Å². The van der Waals surface area contributed by atoms with Crippen molar-refractivity contribution in [3.63, 3.8) is 0 Å². The number of rotatable bonds is 7. The van der Waals surface area contributed by atoms with Crippen LogP contribution in [0.5, 0.6) is 5.75 Å². The van der Waals surface area contributed by atoms with Gasteiger partial charge in [-0.15, -0.1) is 0 Å². The van der Waals surface area contributed by atoms with Gasteiger partial charge in [0.05, 0.1) is 13.2 Å². The van der Waals surface area contributed by atoms with Gasteiger partial charge in [-0.05, 0) is 37.0 Å². The average molecular weight is 210 g/mol. The predicted molar refractivity (Wildman–Crippen MR) is 58.8 cm³/mol. The van der Waals surface area contributed by atoms with E-state index in [1.54, 1.807) is 0 Å². The Labute approximate surface area is 90.3 Å². The molecule has 0 aliphatic heterocycles. The van der Waals surface area contributed by atoms with Crippen molar-refractivity contribution < 1.29 is 14.9 Å². The fourth-order valence-electron chi connectivity index (χ4n) is 1.31. The van der Waals surface area contributed by atoms with Crippen molar-refractivity contribution in [1.82, 2.24) is 0 Å². The maximum Gasteiger partial charge on any atom is 0.119 e. The Kier molecular flexibility index (Phi) is 5.81. The van der Waals surface area contributed by atoms with Gasteiger partial charge in [-0.25, -0.2) is 0 Å². The molecule has 0 fully saturated rings. The van der Waals surface area contributed by atoms with Crippen LogP contribution in [0.15, 0.2) is 24.3 Å². The van der Waals surface area contributed by atoms with Crippen LogP contribution in [-0.4, -0.2) is 23.4 Å². The van der Waals surface area contributed by atoms with Crippen LogP contribution >= 0.6 is 0 Å². The van der Waals surface area contributed by atoms with Gasteiger partial charge in [0.25, 0.3) is 0 Å². The Morgan fingerprint density at radius 3 is 2.67 bits per heavy atom. The fraction of sp³-hybridized carbons (Fsp3) is 0.500. The molecule has 2 N–H and O–H groups in total. The number of hydrogen-bond acceptors (Lipinski definition) is 3. The third kappa shape index (κ3) is 4.81. The minimum Gasteiger partial charge on any atom is -0.494 e. The lowest BCUT2D eigenvalue weighted by atomic mass is 10.2. The highest BCUT2D eigenvalue weighted by Gasteiger charge is 1.95. The van der Waals surface area contributed by atoms with Gasteiger partial charge in [0.15, 0.2) is 0 Å². The minimum absolute atomic E-state index is 0.0434. The van der Waals surface area contributed by atoms with Crippen LogP contribution in [0.1, 0.15) is 24.8 Å². The lowest BCUT2D eigenvalue weighted by Gasteiger charge is -2.06. The van der Waals surface area contributed by atoms with Crippen LogP contribution in [0.4, 0.5) is 0 Å². The molecular formula is C12H18O3. The van der Waals surface area contributed by atoms with Crippen molar-refractivity contribution in [2.75, 3.05) is 13.2 Å². The van der Waals surface area contributed by atoms with E-state index in [2.05, 4.69) is 0 Å². The summed E-state index contributed by atoms with van der Waals surface area (Å²) in [5.41, 5.74) is 0.864. The minimum atomic E-state index is 0.0434. The summed E-state index contributed by atoms with van der Waals surface area (Å²) < 4.78 is 5.50. The van der Waals surface area contributed by atoms with Gasteiger partial charge in [-0.3, -0.25) is 0 Å². The first-order valence-corrected chi connectivity index (χ1v) is 5.30. The highest BCUT2D eigenvalue weighted by molar-refractivity contribution is 5.27. The monoisotopic (exact) mass is 210 g/mol. The summed E-state index contributed by atoms with van der Waals surface area (Å²) in [6.45, 7) is 0.955. The quantitative estimate of drug-likeness (QED) is 0.674. The smallest absolute Gasteiger partial charge is 0.119 e. The molecule has 0 aromatic heterocycles. The Morgan fingerprint density at radius 1 is 1.07 bits per heavy atom. The molecule has 0 saturated carbocycles. The molecule has 84 valence electrons. The van der Waals surface area contributed by atoms with E-state index in [1.807, 2.05) is 24.3 Å². The topological polar surface area (TPSA) is 49.7 Å². The molecule has 0 aliphatic rings. The van der Waals surface area contributed by atoms with Crippen LogP contribution in [0.3, 0.4) is 0 Å². The third-order valence-corrected chi connectivity index (χ3v) is 2.15. The molecule has 0 saturated heterocycles.